The molecule has 20 heavy (non-hydrogen) atoms. The molecule has 0 saturated heterocycles. The standard InChI is InChI=1S/C15H23FN2O.ClH/c1-9-6-7-11(8-12(9)16)10(2)18-14(19)13(17)15(3,4)5;/h6-8,10,13H,17H2,1-5H3,(H,18,19);1H/t10?,13-;/m1./s1. The number of hydrogen-bond donors (Lipinski definition) is 2. The number of carbonyl (C=O) groups excluding carboxylic acids is 1. The van der Waals surface area contributed by atoms with Gasteiger partial charge in [0, 0.05) is 0 Å². The highest BCUT2D eigenvalue weighted by molar-refractivity contribution is 5.85. The number of rotatable bonds is 3. The van der Waals surface area contributed by atoms with Gasteiger partial charge in [0.25, 0.3) is 0 Å². The Balaban J connectivity index is 0.00000361. The van der Waals surface area contributed by atoms with Crippen LogP contribution in [0, 0.1) is 18.2 Å². The van der Waals surface area contributed by atoms with Crippen molar-refractivity contribution in [3.63, 3.8) is 0 Å². The lowest BCUT2D eigenvalue weighted by Crippen LogP contribution is -2.49. The number of amides is 1. The van der Waals surface area contributed by atoms with Crippen molar-refractivity contribution in [2.45, 2.75) is 46.7 Å². The number of nitrogens with one attached hydrogen (secondary N) is 1. The molecular formula is C15H24ClFN2O. The Kier molecular flexibility index (Phi) is 6.65. The number of nitrogens with two attached hydrogens (primary N) is 1. The zero-order valence-corrected chi connectivity index (χ0v) is 13.5. The molecule has 0 heterocycles. The topological polar surface area (TPSA) is 55.1 Å². The Morgan fingerprint density at radius 3 is 2.35 bits per heavy atom. The van der Waals surface area contributed by atoms with Gasteiger partial charge in [0.15, 0.2) is 0 Å². The smallest absolute Gasteiger partial charge is 0.237 e. The van der Waals surface area contributed by atoms with Crippen LogP contribution in [-0.2, 0) is 4.79 Å². The summed E-state index contributed by atoms with van der Waals surface area (Å²) in [6.07, 6.45) is 0. The van der Waals surface area contributed by atoms with Crippen LogP contribution in [0.5, 0.6) is 0 Å². The highest BCUT2D eigenvalue weighted by Gasteiger charge is 2.28. The molecule has 0 spiro atoms. The molecule has 0 aromatic heterocycles. The fraction of sp³-hybridized carbons (Fsp3) is 0.533. The molecule has 114 valence electrons. The van der Waals surface area contributed by atoms with Gasteiger partial charge in [0.2, 0.25) is 5.91 Å². The Hall–Kier alpha value is -1.13. The van der Waals surface area contributed by atoms with Gasteiger partial charge in [-0.1, -0.05) is 32.9 Å². The third kappa shape index (κ3) is 4.76. The average Bonchev–Trinajstić information content (AvgIpc) is 2.30. The molecule has 2 atom stereocenters. The summed E-state index contributed by atoms with van der Waals surface area (Å²) >= 11 is 0. The first kappa shape index (κ1) is 18.9. The van der Waals surface area contributed by atoms with Crippen LogP contribution in [0.25, 0.3) is 0 Å². The molecule has 0 aliphatic carbocycles. The van der Waals surface area contributed by atoms with Crippen molar-refractivity contribution < 1.29 is 9.18 Å². The van der Waals surface area contributed by atoms with Crippen LogP contribution in [0.15, 0.2) is 18.2 Å². The molecule has 0 aliphatic rings. The normalized spacial score (nSPS) is 14.2. The largest absolute Gasteiger partial charge is 0.348 e. The van der Waals surface area contributed by atoms with E-state index in [1.54, 1.807) is 13.0 Å². The second kappa shape index (κ2) is 7.04. The number of halogens is 2. The average molecular weight is 303 g/mol. The predicted molar refractivity (Wildman–Crippen MR) is 82.4 cm³/mol. The fourth-order valence-electron chi connectivity index (χ4n) is 1.66. The van der Waals surface area contributed by atoms with Gasteiger partial charge >= 0.3 is 0 Å². The molecule has 0 aliphatic heterocycles. The van der Waals surface area contributed by atoms with Gasteiger partial charge in [0.1, 0.15) is 5.82 Å². The van der Waals surface area contributed by atoms with E-state index in [-0.39, 0.29) is 35.6 Å². The number of benzene rings is 1. The summed E-state index contributed by atoms with van der Waals surface area (Å²) in [5.74, 6) is -0.486. The first-order valence-corrected chi connectivity index (χ1v) is 6.45. The highest BCUT2D eigenvalue weighted by Crippen LogP contribution is 2.20. The molecule has 1 amide bonds. The van der Waals surface area contributed by atoms with E-state index in [0.29, 0.717) is 5.56 Å². The summed E-state index contributed by atoms with van der Waals surface area (Å²) < 4.78 is 13.5. The quantitative estimate of drug-likeness (QED) is 0.901. The van der Waals surface area contributed by atoms with E-state index in [9.17, 15) is 9.18 Å². The fourth-order valence-corrected chi connectivity index (χ4v) is 1.66. The SMILES string of the molecule is Cc1ccc(C(C)NC(=O)[C@@H](N)C(C)(C)C)cc1F.Cl. The van der Waals surface area contributed by atoms with Gasteiger partial charge in [0.05, 0.1) is 12.1 Å². The zero-order chi connectivity index (χ0) is 14.8. The molecular weight excluding hydrogens is 279 g/mol. The van der Waals surface area contributed by atoms with E-state index < -0.39 is 6.04 Å². The minimum absolute atomic E-state index is 0. The maximum Gasteiger partial charge on any atom is 0.237 e. The van der Waals surface area contributed by atoms with Crippen LogP contribution in [0.3, 0.4) is 0 Å². The molecule has 1 aromatic rings. The first-order chi connectivity index (χ1) is 8.62. The van der Waals surface area contributed by atoms with Crippen molar-refractivity contribution >= 4 is 18.3 Å². The van der Waals surface area contributed by atoms with E-state index in [1.807, 2.05) is 33.8 Å². The minimum Gasteiger partial charge on any atom is -0.348 e. The van der Waals surface area contributed by atoms with Gasteiger partial charge < -0.3 is 11.1 Å². The number of aryl methyl sites for hydroxylation is 1. The van der Waals surface area contributed by atoms with Crippen LogP contribution in [-0.4, -0.2) is 11.9 Å². The Bertz CT molecular complexity index is 471. The molecule has 3 nitrogen and oxygen atoms in total. The number of carbonyl (C=O) groups is 1. The lowest BCUT2D eigenvalue weighted by atomic mass is 9.86. The van der Waals surface area contributed by atoms with Crippen molar-refractivity contribution in [1.82, 2.24) is 5.32 Å². The summed E-state index contributed by atoms with van der Waals surface area (Å²) in [6.45, 7) is 9.25. The molecule has 5 heteroatoms. The molecule has 0 fully saturated rings. The Morgan fingerprint density at radius 2 is 1.90 bits per heavy atom. The van der Waals surface area contributed by atoms with Gasteiger partial charge in [-0.2, -0.15) is 0 Å². The van der Waals surface area contributed by atoms with E-state index in [4.69, 9.17) is 5.73 Å². The van der Waals surface area contributed by atoms with Crippen molar-refractivity contribution in [1.29, 1.82) is 0 Å². The summed E-state index contributed by atoms with van der Waals surface area (Å²) in [4.78, 5) is 12.0. The Morgan fingerprint density at radius 1 is 1.35 bits per heavy atom. The summed E-state index contributed by atoms with van der Waals surface area (Å²) in [5.41, 5.74) is 6.91. The van der Waals surface area contributed by atoms with Crippen molar-refractivity contribution in [3.8, 4) is 0 Å². The highest BCUT2D eigenvalue weighted by atomic mass is 35.5. The molecule has 0 bridgehead atoms. The lowest BCUT2D eigenvalue weighted by molar-refractivity contribution is -0.125. The zero-order valence-electron chi connectivity index (χ0n) is 12.7. The summed E-state index contributed by atoms with van der Waals surface area (Å²) in [5, 5.41) is 2.82. The van der Waals surface area contributed by atoms with Crippen LogP contribution < -0.4 is 11.1 Å². The lowest BCUT2D eigenvalue weighted by Gasteiger charge is -2.27. The summed E-state index contributed by atoms with van der Waals surface area (Å²) in [6, 6.07) is 4.10. The maximum atomic E-state index is 13.5. The van der Waals surface area contributed by atoms with Crippen LogP contribution in [0.1, 0.15) is 44.9 Å². The second-order valence-electron chi connectivity index (χ2n) is 6.08. The molecule has 0 saturated carbocycles. The van der Waals surface area contributed by atoms with E-state index in [1.165, 1.54) is 6.07 Å². The third-order valence-electron chi connectivity index (χ3n) is 3.27. The number of hydrogen-bond acceptors (Lipinski definition) is 2. The molecule has 0 radical (unpaired) electrons. The van der Waals surface area contributed by atoms with Crippen molar-refractivity contribution in [2.75, 3.05) is 0 Å². The van der Waals surface area contributed by atoms with Gasteiger partial charge in [-0.15, -0.1) is 12.4 Å². The molecule has 1 rings (SSSR count). The molecule has 1 aromatic carbocycles. The molecule has 1 unspecified atom stereocenters. The van der Waals surface area contributed by atoms with Crippen LogP contribution in [0.2, 0.25) is 0 Å². The van der Waals surface area contributed by atoms with E-state index in [2.05, 4.69) is 5.32 Å². The first-order valence-electron chi connectivity index (χ1n) is 6.45. The third-order valence-corrected chi connectivity index (χ3v) is 3.27. The van der Waals surface area contributed by atoms with Crippen molar-refractivity contribution in [3.05, 3.63) is 35.1 Å². The second-order valence-corrected chi connectivity index (χ2v) is 6.08. The van der Waals surface area contributed by atoms with Gasteiger partial charge in [-0.25, -0.2) is 4.39 Å². The van der Waals surface area contributed by atoms with E-state index >= 15 is 0 Å². The van der Waals surface area contributed by atoms with Crippen LogP contribution in [0.4, 0.5) is 4.39 Å². The minimum atomic E-state index is -0.592. The Labute approximate surface area is 126 Å². The van der Waals surface area contributed by atoms with Gasteiger partial charge in [-0.3, -0.25) is 4.79 Å². The monoisotopic (exact) mass is 302 g/mol. The maximum absolute atomic E-state index is 13.5. The van der Waals surface area contributed by atoms with E-state index in [0.717, 1.165) is 5.56 Å². The van der Waals surface area contributed by atoms with Gasteiger partial charge in [-0.05, 0) is 36.5 Å². The van der Waals surface area contributed by atoms with Crippen molar-refractivity contribution in [2.24, 2.45) is 11.1 Å². The predicted octanol–water partition coefficient (Wildman–Crippen LogP) is 3.11. The molecule has 3 N–H and O–H groups in total. The summed E-state index contributed by atoms with van der Waals surface area (Å²) in [7, 11) is 0. The van der Waals surface area contributed by atoms with Crippen LogP contribution >= 0.6 is 12.4 Å².